The first-order valence-electron chi connectivity index (χ1n) is 5.26. The number of rotatable bonds is 2. The lowest BCUT2D eigenvalue weighted by Crippen LogP contribution is -2.15. The van der Waals surface area contributed by atoms with Crippen molar-refractivity contribution in [2.45, 2.75) is 19.9 Å². The van der Waals surface area contributed by atoms with Crippen molar-refractivity contribution >= 4 is 0 Å². The van der Waals surface area contributed by atoms with Crippen LogP contribution in [0.5, 0.6) is 0 Å². The lowest BCUT2D eigenvalue weighted by molar-refractivity contribution is 0.840. The number of pyridine rings is 2. The Balaban J connectivity index is 2.44. The van der Waals surface area contributed by atoms with Crippen molar-refractivity contribution in [2.24, 2.45) is 5.73 Å². The molecule has 3 heteroatoms. The van der Waals surface area contributed by atoms with Crippen LogP contribution in [0.15, 0.2) is 36.9 Å². The quantitative estimate of drug-likeness (QED) is 0.831. The Kier molecular flexibility index (Phi) is 2.97. The molecular formula is C13H15N3. The van der Waals surface area contributed by atoms with Crippen LogP contribution in [0.4, 0.5) is 0 Å². The Hall–Kier alpha value is -1.74. The second-order valence-electron chi connectivity index (χ2n) is 3.94. The van der Waals surface area contributed by atoms with Gasteiger partial charge in [-0.1, -0.05) is 0 Å². The van der Waals surface area contributed by atoms with Crippen molar-refractivity contribution in [1.82, 2.24) is 9.97 Å². The van der Waals surface area contributed by atoms with E-state index in [1.807, 2.05) is 38.4 Å². The smallest absolute Gasteiger partial charge is 0.0573 e. The molecule has 0 aliphatic carbocycles. The average Bonchev–Trinajstić information content (AvgIpc) is 2.29. The molecule has 3 nitrogen and oxygen atoms in total. The minimum Gasteiger partial charge on any atom is -0.320 e. The standard InChI is InChI=1S/C13H15N3/c1-9-3-5-16-8-12(9)13(14)11-4-6-15-7-10(11)2/h3-8,13H,14H2,1-2H3. The first-order valence-corrected chi connectivity index (χ1v) is 5.26. The molecule has 0 spiro atoms. The third-order valence-electron chi connectivity index (χ3n) is 2.81. The molecule has 1 unspecified atom stereocenters. The van der Waals surface area contributed by atoms with E-state index < -0.39 is 0 Å². The van der Waals surface area contributed by atoms with Gasteiger partial charge in [0, 0.05) is 24.8 Å². The van der Waals surface area contributed by atoms with Crippen LogP contribution in [0.25, 0.3) is 0 Å². The number of nitrogens with two attached hydrogens (primary N) is 1. The zero-order chi connectivity index (χ0) is 11.5. The van der Waals surface area contributed by atoms with Gasteiger partial charge in [0.1, 0.15) is 0 Å². The van der Waals surface area contributed by atoms with E-state index in [9.17, 15) is 0 Å². The summed E-state index contributed by atoms with van der Waals surface area (Å²) in [5.74, 6) is 0. The molecule has 2 N–H and O–H groups in total. The molecule has 0 radical (unpaired) electrons. The summed E-state index contributed by atoms with van der Waals surface area (Å²) in [6, 6.07) is 3.81. The van der Waals surface area contributed by atoms with Crippen LogP contribution in [0.3, 0.4) is 0 Å². The Morgan fingerprint density at radius 1 is 0.938 bits per heavy atom. The van der Waals surface area contributed by atoms with Crippen LogP contribution in [-0.4, -0.2) is 9.97 Å². The third-order valence-corrected chi connectivity index (χ3v) is 2.81. The Morgan fingerprint density at radius 3 is 2.31 bits per heavy atom. The van der Waals surface area contributed by atoms with Crippen LogP contribution in [-0.2, 0) is 0 Å². The minimum absolute atomic E-state index is 0.128. The molecule has 2 aromatic heterocycles. The van der Waals surface area contributed by atoms with Gasteiger partial charge >= 0.3 is 0 Å². The maximum atomic E-state index is 6.25. The monoisotopic (exact) mass is 213 g/mol. The Morgan fingerprint density at radius 2 is 1.62 bits per heavy atom. The maximum Gasteiger partial charge on any atom is 0.0573 e. The third kappa shape index (κ3) is 1.95. The number of aryl methyl sites for hydroxylation is 2. The topological polar surface area (TPSA) is 51.8 Å². The molecule has 0 aromatic carbocycles. The molecule has 2 aromatic rings. The van der Waals surface area contributed by atoms with Gasteiger partial charge in [0.25, 0.3) is 0 Å². The molecule has 0 aliphatic rings. The summed E-state index contributed by atoms with van der Waals surface area (Å²) in [5, 5.41) is 0. The molecule has 16 heavy (non-hydrogen) atoms. The number of nitrogens with zero attached hydrogens (tertiary/aromatic N) is 2. The number of hydrogen-bond donors (Lipinski definition) is 1. The summed E-state index contributed by atoms with van der Waals surface area (Å²) >= 11 is 0. The van der Waals surface area contributed by atoms with E-state index in [-0.39, 0.29) is 6.04 Å². The second kappa shape index (κ2) is 4.41. The lowest BCUT2D eigenvalue weighted by atomic mass is 9.96. The molecule has 0 fully saturated rings. The molecular weight excluding hydrogens is 198 g/mol. The fourth-order valence-corrected chi connectivity index (χ4v) is 1.80. The highest BCUT2D eigenvalue weighted by Crippen LogP contribution is 2.23. The van der Waals surface area contributed by atoms with Crippen LogP contribution < -0.4 is 5.73 Å². The van der Waals surface area contributed by atoms with Crippen molar-refractivity contribution in [3.8, 4) is 0 Å². The first kappa shape index (κ1) is 10.8. The normalized spacial score (nSPS) is 12.4. The molecule has 0 saturated carbocycles. The molecule has 82 valence electrons. The van der Waals surface area contributed by atoms with E-state index in [1.165, 1.54) is 5.56 Å². The zero-order valence-corrected chi connectivity index (χ0v) is 9.51. The van der Waals surface area contributed by atoms with E-state index in [1.54, 1.807) is 12.4 Å². The Labute approximate surface area is 95.4 Å². The van der Waals surface area contributed by atoms with Gasteiger partial charge in [-0.25, -0.2) is 0 Å². The fourth-order valence-electron chi connectivity index (χ4n) is 1.80. The molecule has 1 atom stereocenters. The molecule has 0 aliphatic heterocycles. The number of aromatic nitrogens is 2. The number of hydrogen-bond acceptors (Lipinski definition) is 3. The van der Waals surface area contributed by atoms with Crippen LogP contribution >= 0.6 is 0 Å². The van der Waals surface area contributed by atoms with Gasteiger partial charge in [0.05, 0.1) is 6.04 Å². The Bertz CT molecular complexity index is 449. The zero-order valence-electron chi connectivity index (χ0n) is 9.51. The summed E-state index contributed by atoms with van der Waals surface area (Å²) in [6.07, 6.45) is 7.22. The van der Waals surface area contributed by atoms with Crippen molar-refractivity contribution < 1.29 is 0 Å². The summed E-state index contributed by atoms with van der Waals surface area (Å²) < 4.78 is 0. The molecule has 0 bridgehead atoms. The van der Waals surface area contributed by atoms with E-state index >= 15 is 0 Å². The van der Waals surface area contributed by atoms with Gasteiger partial charge in [0.15, 0.2) is 0 Å². The van der Waals surface area contributed by atoms with Crippen molar-refractivity contribution in [3.63, 3.8) is 0 Å². The van der Waals surface area contributed by atoms with Gasteiger partial charge < -0.3 is 5.73 Å². The van der Waals surface area contributed by atoms with Crippen molar-refractivity contribution in [3.05, 3.63) is 59.2 Å². The predicted molar refractivity (Wildman–Crippen MR) is 64.0 cm³/mol. The second-order valence-corrected chi connectivity index (χ2v) is 3.94. The summed E-state index contributed by atoms with van der Waals surface area (Å²) in [7, 11) is 0. The molecule has 2 heterocycles. The van der Waals surface area contributed by atoms with Gasteiger partial charge in [-0.2, -0.15) is 0 Å². The summed E-state index contributed by atoms with van der Waals surface area (Å²) in [6.45, 7) is 4.07. The SMILES string of the molecule is Cc1cnccc1C(N)c1cnccc1C. The van der Waals surface area contributed by atoms with E-state index in [0.717, 1.165) is 16.7 Å². The van der Waals surface area contributed by atoms with E-state index in [4.69, 9.17) is 5.73 Å². The van der Waals surface area contributed by atoms with Gasteiger partial charge in [-0.05, 0) is 48.2 Å². The lowest BCUT2D eigenvalue weighted by Gasteiger charge is -2.16. The highest BCUT2D eigenvalue weighted by Gasteiger charge is 2.13. The van der Waals surface area contributed by atoms with E-state index in [0.29, 0.717) is 0 Å². The van der Waals surface area contributed by atoms with Crippen LogP contribution in [0, 0.1) is 13.8 Å². The largest absolute Gasteiger partial charge is 0.320 e. The predicted octanol–water partition coefficient (Wildman–Crippen LogP) is 2.14. The highest BCUT2D eigenvalue weighted by molar-refractivity contribution is 5.36. The molecule has 0 saturated heterocycles. The van der Waals surface area contributed by atoms with Crippen molar-refractivity contribution in [1.29, 1.82) is 0 Å². The highest BCUT2D eigenvalue weighted by atomic mass is 14.7. The average molecular weight is 213 g/mol. The van der Waals surface area contributed by atoms with Crippen LogP contribution in [0.1, 0.15) is 28.3 Å². The maximum absolute atomic E-state index is 6.25. The minimum atomic E-state index is -0.128. The fraction of sp³-hybridized carbons (Fsp3) is 0.231. The molecule has 0 amide bonds. The first-order chi connectivity index (χ1) is 7.70. The van der Waals surface area contributed by atoms with Crippen LogP contribution in [0.2, 0.25) is 0 Å². The van der Waals surface area contributed by atoms with E-state index in [2.05, 4.69) is 9.97 Å². The molecule has 2 rings (SSSR count). The summed E-state index contributed by atoms with van der Waals surface area (Å²) in [4.78, 5) is 8.20. The van der Waals surface area contributed by atoms with Gasteiger partial charge in [-0.15, -0.1) is 0 Å². The summed E-state index contributed by atoms with van der Waals surface area (Å²) in [5.41, 5.74) is 10.7. The van der Waals surface area contributed by atoms with Gasteiger partial charge in [-0.3, -0.25) is 9.97 Å². The van der Waals surface area contributed by atoms with Gasteiger partial charge in [0.2, 0.25) is 0 Å². The van der Waals surface area contributed by atoms with Crippen molar-refractivity contribution in [2.75, 3.05) is 0 Å².